The van der Waals surface area contributed by atoms with Gasteiger partial charge in [0.05, 0.1) is 0 Å². The van der Waals surface area contributed by atoms with Gasteiger partial charge in [-0.15, -0.1) is 0 Å². The summed E-state index contributed by atoms with van der Waals surface area (Å²) < 4.78 is 5.62. The van der Waals surface area contributed by atoms with Gasteiger partial charge < -0.3 is 4.74 Å². The molecule has 0 fully saturated rings. The van der Waals surface area contributed by atoms with E-state index in [1.807, 2.05) is 31.2 Å². The molecule has 0 saturated heterocycles. The molecule has 1 atom stereocenters. The highest BCUT2D eigenvalue weighted by atomic mass is 16.5. The van der Waals surface area contributed by atoms with Crippen molar-refractivity contribution in [3.05, 3.63) is 35.4 Å². The second-order valence-electron chi connectivity index (χ2n) is 5.46. The summed E-state index contributed by atoms with van der Waals surface area (Å²) in [5.41, 5.74) is 2.00. The Labute approximate surface area is 117 Å². The van der Waals surface area contributed by atoms with E-state index in [-0.39, 0.29) is 11.9 Å². The van der Waals surface area contributed by atoms with Crippen molar-refractivity contribution in [2.24, 2.45) is 5.92 Å². The van der Waals surface area contributed by atoms with Crippen LogP contribution < -0.4 is 0 Å². The highest BCUT2D eigenvalue weighted by Gasteiger charge is 2.15. The van der Waals surface area contributed by atoms with Crippen molar-refractivity contribution in [1.29, 1.82) is 0 Å². The van der Waals surface area contributed by atoms with Gasteiger partial charge in [0, 0.05) is 12.2 Å². The van der Waals surface area contributed by atoms with Gasteiger partial charge in [0.2, 0.25) is 0 Å². The standard InChI is InChI=1S/C17H26O2/c1-5-15-8-10-16(11-9-15)17(18)14(4)19-12-6-7-13(2)3/h8-11,13-14H,5-7,12H2,1-4H3. The predicted octanol–water partition coefficient (Wildman–Crippen LogP) is 4.27. The van der Waals surface area contributed by atoms with Crippen LogP contribution >= 0.6 is 0 Å². The summed E-state index contributed by atoms with van der Waals surface area (Å²) in [6.07, 6.45) is 2.81. The molecular formula is C17H26O2. The number of carbonyl (C=O) groups is 1. The fourth-order valence-electron chi connectivity index (χ4n) is 1.97. The van der Waals surface area contributed by atoms with Gasteiger partial charge in [-0.1, -0.05) is 45.0 Å². The number of Topliss-reactive ketones (excluding diaryl/α,β-unsaturated/α-hetero) is 1. The minimum absolute atomic E-state index is 0.0761. The van der Waals surface area contributed by atoms with Crippen LogP contribution in [0.5, 0.6) is 0 Å². The van der Waals surface area contributed by atoms with Crippen LogP contribution in [0.4, 0.5) is 0 Å². The van der Waals surface area contributed by atoms with Gasteiger partial charge in [-0.3, -0.25) is 4.79 Å². The predicted molar refractivity (Wildman–Crippen MR) is 79.6 cm³/mol. The molecule has 19 heavy (non-hydrogen) atoms. The number of hydrogen-bond acceptors (Lipinski definition) is 2. The van der Waals surface area contributed by atoms with Gasteiger partial charge in [-0.2, -0.15) is 0 Å². The lowest BCUT2D eigenvalue weighted by Crippen LogP contribution is -2.21. The Hall–Kier alpha value is -1.15. The fraction of sp³-hybridized carbons (Fsp3) is 0.588. The number of ketones is 1. The average molecular weight is 262 g/mol. The molecular weight excluding hydrogens is 236 g/mol. The third-order valence-electron chi connectivity index (χ3n) is 3.31. The second-order valence-corrected chi connectivity index (χ2v) is 5.46. The molecule has 0 bridgehead atoms. The third-order valence-corrected chi connectivity index (χ3v) is 3.31. The van der Waals surface area contributed by atoms with Crippen LogP contribution in [-0.2, 0) is 11.2 Å². The minimum Gasteiger partial charge on any atom is -0.370 e. The van der Waals surface area contributed by atoms with Gasteiger partial charge in [-0.25, -0.2) is 0 Å². The minimum atomic E-state index is -0.348. The zero-order valence-corrected chi connectivity index (χ0v) is 12.6. The van der Waals surface area contributed by atoms with E-state index in [0.29, 0.717) is 12.5 Å². The van der Waals surface area contributed by atoms with Crippen LogP contribution in [0.2, 0.25) is 0 Å². The lowest BCUT2D eigenvalue weighted by molar-refractivity contribution is 0.0458. The first kappa shape index (κ1) is 15.9. The molecule has 1 unspecified atom stereocenters. The van der Waals surface area contributed by atoms with Crippen molar-refractivity contribution in [3.8, 4) is 0 Å². The van der Waals surface area contributed by atoms with E-state index < -0.39 is 0 Å². The van der Waals surface area contributed by atoms with Crippen molar-refractivity contribution in [2.75, 3.05) is 6.61 Å². The topological polar surface area (TPSA) is 26.3 Å². The molecule has 0 heterocycles. The SMILES string of the molecule is CCc1ccc(C(=O)C(C)OCCCC(C)C)cc1. The van der Waals surface area contributed by atoms with Crippen LogP contribution in [0.1, 0.15) is 56.5 Å². The normalized spacial score (nSPS) is 12.7. The van der Waals surface area contributed by atoms with E-state index in [4.69, 9.17) is 4.74 Å². The van der Waals surface area contributed by atoms with Crippen LogP contribution in [-0.4, -0.2) is 18.5 Å². The molecule has 0 saturated carbocycles. The molecule has 0 radical (unpaired) electrons. The second kappa shape index (κ2) is 8.11. The molecule has 106 valence electrons. The first-order chi connectivity index (χ1) is 9.04. The van der Waals surface area contributed by atoms with E-state index in [1.54, 1.807) is 0 Å². The molecule has 0 aliphatic carbocycles. The highest BCUT2D eigenvalue weighted by Crippen LogP contribution is 2.10. The fourth-order valence-corrected chi connectivity index (χ4v) is 1.97. The smallest absolute Gasteiger partial charge is 0.191 e. The van der Waals surface area contributed by atoms with E-state index in [1.165, 1.54) is 5.56 Å². The van der Waals surface area contributed by atoms with E-state index in [0.717, 1.165) is 24.8 Å². The van der Waals surface area contributed by atoms with Crippen molar-refractivity contribution in [1.82, 2.24) is 0 Å². The van der Waals surface area contributed by atoms with Crippen LogP contribution in [0.15, 0.2) is 24.3 Å². The quantitative estimate of drug-likeness (QED) is 0.516. The maximum Gasteiger partial charge on any atom is 0.191 e. The molecule has 2 nitrogen and oxygen atoms in total. The highest BCUT2D eigenvalue weighted by molar-refractivity contribution is 5.99. The van der Waals surface area contributed by atoms with Crippen molar-refractivity contribution >= 4 is 5.78 Å². The number of benzene rings is 1. The summed E-state index contributed by atoms with van der Waals surface area (Å²) in [7, 11) is 0. The largest absolute Gasteiger partial charge is 0.370 e. The van der Waals surface area contributed by atoms with Crippen LogP contribution in [0, 0.1) is 5.92 Å². The van der Waals surface area contributed by atoms with Crippen molar-refractivity contribution in [3.63, 3.8) is 0 Å². The monoisotopic (exact) mass is 262 g/mol. The van der Waals surface area contributed by atoms with Gasteiger partial charge >= 0.3 is 0 Å². The molecule has 0 aliphatic rings. The molecule has 0 N–H and O–H groups in total. The maximum absolute atomic E-state index is 12.1. The van der Waals surface area contributed by atoms with Gasteiger partial charge in [-0.05, 0) is 37.7 Å². The summed E-state index contributed by atoms with van der Waals surface area (Å²) in [4.78, 5) is 12.1. The lowest BCUT2D eigenvalue weighted by atomic mass is 10.0. The lowest BCUT2D eigenvalue weighted by Gasteiger charge is -2.13. The maximum atomic E-state index is 12.1. The summed E-state index contributed by atoms with van der Waals surface area (Å²) in [5, 5.41) is 0. The number of carbonyl (C=O) groups excluding carboxylic acids is 1. The van der Waals surface area contributed by atoms with E-state index in [2.05, 4.69) is 20.8 Å². The Bertz CT molecular complexity index is 379. The Morgan fingerprint density at radius 3 is 2.32 bits per heavy atom. The molecule has 0 spiro atoms. The first-order valence-electron chi connectivity index (χ1n) is 7.29. The van der Waals surface area contributed by atoms with Crippen LogP contribution in [0.3, 0.4) is 0 Å². The van der Waals surface area contributed by atoms with Gasteiger partial charge in [0.25, 0.3) is 0 Å². The zero-order valence-electron chi connectivity index (χ0n) is 12.6. The number of ether oxygens (including phenoxy) is 1. The Balaban J connectivity index is 2.42. The van der Waals surface area contributed by atoms with Crippen molar-refractivity contribution < 1.29 is 9.53 Å². The molecule has 0 amide bonds. The summed E-state index contributed by atoms with van der Waals surface area (Å²) in [6.45, 7) is 9.01. The zero-order chi connectivity index (χ0) is 14.3. The number of rotatable bonds is 8. The Kier molecular flexibility index (Phi) is 6.79. The molecule has 0 aliphatic heterocycles. The summed E-state index contributed by atoms with van der Waals surface area (Å²) in [6, 6.07) is 7.82. The number of hydrogen-bond donors (Lipinski definition) is 0. The summed E-state index contributed by atoms with van der Waals surface area (Å²) >= 11 is 0. The Morgan fingerprint density at radius 1 is 1.16 bits per heavy atom. The number of aryl methyl sites for hydroxylation is 1. The third kappa shape index (κ3) is 5.56. The molecule has 2 heteroatoms. The van der Waals surface area contributed by atoms with Gasteiger partial charge in [0.1, 0.15) is 6.10 Å². The van der Waals surface area contributed by atoms with E-state index in [9.17, 15) is 4.79 Å². The van der Waals surface area contributed by atoms with Crippen molar-refractivity contribution in [2.45, 2.75) is 53.1 Å². The van der Waals surface area contributed by atoms with E-state index >= 15 is 0 Å². The summed E-state index contributed by atoms with van der Waals surface area (Å²) in [5.74, 6) is 0.767. The molecule has 1 aromatic carbocycles. The van der Waals surface area contributed by atoms with Gasteiger partial charge in [0.15, 0.2) is 5.78 Å². The molecule has 0 aromatic heterocycles. The van der Waals surface area contributed by atoms with Crippen LogP contribution in [0.25, 0.3) is 0 Å². The Morgan fingerprint density at radius 2 is 1.79 bits per heavy atom. The molecule has 1 rings (SSSR count). The first-order valence-corrected chi connectivity index (χ1v) is 7.29. The molecule has 1 aromatic rings. The average Bonchev–Trinajstić information content (AvgIpc) is 2.42.